The summed E-state index contributed by atoms with van der Waals surface area (Å²) in [6.45, 7) is 26.1. The van der Waals surface area contributed by atoms with Crippen LogP contribution in [-0.4, -0.2) is 23.4 Å². The van der Waals surface area contributed by atoms with Gasteiger partial charge in [0.15, 0.2) is 0 Å². The summed E-state index contributed by atoms with van der Waals surface area (Å²) in [6.07, 6.45) is 6.50. The van der Waals surface area contributed by atoms with Gasteiger partial charge < -0.3 is 4.90 Å². The number of hydrogen-bond donors (Lipinski definition) is 0. The highest BCUT2D eigenvalue weighted by Gasteiger charge is 2.77. The van der Waals surface area contributed by atoms with Gasteiger partial charge in [0.1, 0.15) is 0 Å². The van der Waals surface area contributed by atoms with E-state index in [4.69, 9.17) is 6.58 Å². The minimum absolute atomic E-state index is 0. The van der Waals surface area contributed by atoms with E-state index < -0.39 is 0 Å². The summed E-state index contributed by atoms with van der Waals surface area (Å²) < 4.78 is 0. The number of rotatable bonds is 2. The van der Waals surface area contributed by atoms with Crippen LogP contribution >= 0.6 is 0 Å². The third-order valence-electron chi connectivity index (χ3n) is 9.29. The largest absolute Gasteiger partial charge is 0.335 e. The van der Waals surface area contributed by atoms with E-state index in [1.54, 1.807) is 0 Å². The maximum Gasteiger partial charge on any atom is 0.229 e. The van der Waals surface area contributed by atoms with Gasteiger partial charge in [-0.3, -0.25) is 4.79 Å². The maximum atomic E-state index is 13.9. The molecular weight excluding hydrogens is 486 g/mol. The first-order valence-electron chi connectivity index (χ1n) is 11.4. The first kappa shape index (κ1) is 67.1. The number of nitrogens with zero attached hydrogens (tertiary/aromatic N) is 1. The Labute approximate surface area is 263 Å². The molecule has 4 atom stereocenters. The quantitative estimate of drug-likeness (QED) is 0.298. The van der Waals surface area contributed by atoms with Crippen molar-refractivity contribution < 1.29 is 4.79 Å². The normalized spacial score (nSPS) is 28.3. The van der Waals surface area contributed by atoms with E-state index in [0.717, 1.165) is 38.5 Å². The lowest BCUT2D eigenvalue weighted by molar-refractivity contribution is -0.138. The summed E-state index contributed by atoms with van der Waals surface area (Å²) in [5.74, 6) is 0.796. The summed E-state index contributed by atoms with van der Waals surface area (Å²) in [6, 6.07) is 0. The second-order valence-electron chi connectivity index (χ2n) is 13.6. The predicted molar refractivity (Wildman–Crippen MR) is 200 cm³/mol. The number of carbonyl (C=O) groups excluding carboxylic acids is 1. The molecule has 2 saturated carbocycles. The maximum absolute atomic E-state index is 13.9. The highest BCUT2D eigenvalue weighted by molar-refractivity contribution is 5.89. The zero-order valence-corrected chi connectivity index (χ0v) is 20.4. The van der Waals surface area contributed by atoms with Gasteiger partial charge in [-0.1, -0.05) is 164 Å². The van der Waals surface area contributed by atoms with Crippen molar-refractivity contribution in [1.82, 2.24) is 4.90 Å². The number of amides is 1. The summed E-state index contributed by atoms with van der Waals surface area (Å²) in [5.41, 5.74) is 1.48. The molecule has 2 bridgehead atoms. The molecule has 2 aliphatic carbocycles. The fraction of sp³-hybridized carbons (Fsp3) is 0.921. The molecular formula is C38H93NO. The molecule has 256 valence electrons. The molecule has 1 saturated heterocycles. The van der Waals surface area contributed by atoms with Gasteiger partial charge in [0.2, 0.25) is 5.91 Å². The summed E-state index contributed by atoms with van der Waals surface area (Å²) in [4.78, 5) is 16.1. The molecule has 0 radical (unpaired) electrons. The highest BCUT2D eigenvalue weighted by Crippen LogP contribution is 2.74. The highest BCUT2D eigenvalue weighted by atomic mass is 16.2. The Balaban J connectivity index is -0.0000000937. The lowest BCUT2D eigenvalue weighted by Gasteiger charge is -2.65. The van der Waals surface area contributed by atoms with Gasteiger partial charge in [-0.05, 0) is 60.2 Å². The molecule has 3 aliphatic rings. The monoisotopic (exact) mass is 580 g/mol. The molecule has 1 unspecified atom stereocenters. The first-order valence-corrected chi connectivity index (χ1v) is 11.4. The number of carbonyl (C=O) groups is 1. The van der Waals surface area contributed by atoms with Crippen LogP contribution in [0.25, 0.3) is 0 Å². The van der Waals surface area contributed by atoms with Crippen molar-refractivity contribution in [2.24, 2.45) is 33.0 Å². The van der Waals surface area contributed by atoms with Crippen LogP contribution in [0.15, 0.2) is 12.2 Å². The Morgan fingerprint density at radius 1 is 0.750 bits per heavy atom. The number of hydrogen-bond acceptors (Lipinski definition) is 1. The van der Waals surface area contributed by atoms with Gasteiger partial charge >= 0.3 is 0 Å². The molecule has 1 heterocycles. The van der Waals surface area contributed by atoms with Crippen molar-refractivity contribution >= 4 is 5.91 Å². The van der Waals surface area contributed by atoms with Crippen molar-refractivity contribution in [2.75, 3.05) is 7.05 Å². The van der Waals surface area contributed by atoms with Crippen molar-refractivity contribution in [3.8, 4) is 0 Å². The van der Waals surface area contributed by atoms with Crippen LogP contribution in [0.3, 0.4) is 0 Å². The van der Waals surface area contributed by atoms with Crippen molar-refractivity contribution in [2.45, 2.75) is 195 Å². The molecule has 0 aromatic heterocycles. The van der Waals surface area contributed by atoms with E-state index in [9.17, 15) is 4.79 Å². The summed E-state index contributed by atoms with van der Waals surface area (Å²) in [5, 5.41) is 0. The molecule has 3 rings (SSSR count). The minimum Gasteiger partial charge on any atom is -0.335 e. The zero-order chi connectivity index (χ0) is 21.6. The molecule has 0 aromatic rings. The molecule has 1 aliphatic heterocycles. The van der Waals surface area contributed by atoms with E-state index in [2.05, 4.69) is 74.3 Å². The zero-order valence-electron chi connectivity index (χ0n) is 20.4. The van der Waals surface area contributed by atoms with E-state index >= 15 is 0 Å². The molecule has 0 spiro atoms. The van der Waals surface area contributed by atoms with Crippen LogP contribution in [0, 0.1) is 33.0 Å². The van der Waals surface area contributed by atoms with Gasteiger partial charge in [0, 0.05) is 13.0 Å². The Bertz CT molecular complexity index is 691. The summed E-state index contributed by atoms with van der Waals surface area (Å²) >= 11 is 0. The van der Waals surface area contributed by atoms with Crippen LogP contribution < -0.4 is 0 Å². The lowest BCUT2D eigenvalue weighted by atomic mass is 9.40. The van der Waals surface area contributed by atoms with E-state index in [-0.39, 0.29) is 116 Å². The Morgan fingerprint density at radius 3 is 1.48 bits per heavy atom. The third-order valence-corrected chi connectivity index (χ3v) is 9.29. The molecule has 0 N–H and O–H groups in total. The Hall–Kier alpha value is -0.790. The lowest BCUT2D eigenvalue weighted by Crippen LogP contribution is -2.67. The SMILES string of the molecule is C.C.C.C.C.C.C.C.C.C.C.C.C=C(CC(C)(C)C)[C@]12C3CC(C)(C)CC[C@@]3(CC[C@@]1(C)C(C)(C)C)C(=O)N2C. The Morgan fingerprint density at radius 2 is 1.12 bits per heavy atom. The van der Waals surface area contributed by atoms with Gasteiger partial charge in [0.25, 0.3) is 0 Å². The van der Waals surface area contributed by atoms with Crippen LogP contribution in [0.5, 0.6) is 0 Å². The standard InChI is InChI=1S/C26H45NO.12CH4/c1-18(16-21(2,3)4)26-19-17-23(8,9)12-14-25(19,20(28)27(26)11)15-13-24(26,10)22(5,6)7;;;;;;;;;;;;/h19H,1,12-17H2,2-11H3;12*1H4/t19?,24-,25-,26-;;;;;;;;;;;;/m0............/s1. The third kappa shape index (κ3) is 8.63. The second-order valence-corrected chi connectivity index (χ2v) is 13.6. The Kier molecular flexibility index (Phi) is 31.3. The van der Waals surface area contributed by atoms with Crippen molar-refractivity contribution in [1.29, 1.82) is 0 Å². The molecule has 2 heteroatoms. The van der Waals surface area contributed by atoms with E-state index in [1.165, 1.54) is 5.57 Å². The molecule has 40 heavy (non-hydrogen) atoms. The van der Waals surface area contributed by atoms with Crippen LogP contribution in [0.4, 0.5) is 0 Å². The predicted octanol–water partition coefficient (Wildman–Crippen LogP) is 14.5. The van der Waals surface area contributed by atoms with Gasteiger partial charge in [-0.2, -0.15) is 0 Å². The number of likely N-dealkylation sites (N-methyl/N-ethyl adjacent to an activating group) is 1. The topological polar surface area (TPSA) is 20.3 Å². The van der Waals surface area contributed by atoms with E-state index in [1.807, 2.05) is 0 Å². The molecule has 0 aromatic carbocycles. The van der Waals surface area contributed by atoms with Gasteiger partial charge in [-0.25, -0.2) is 0 Å². The fourth-order valence-corrected chi connectivity index (χ4v) is 7.54. The molecule has 1 amide bonds. The van der Waals surface area contributed by atoms with Gasteiger partial charge in [-0.15, -0.1) is 0 Å². The average molecular weight is 580 g/mol. The van der Waals surface area contributed by atoms with Crippen LogP contribution in [0.1, 0.15) is 190 Å². The number of likely N-dealkylation sites (tertiary alicyclic amines) is 1. The molecule has 3 fully saturated rings. The first-order chi connectivity index (χ1) is 12.4. The van der Waals surface area contributed by atoms with Crippen LogP contribution in [0.2, 0.25) is 0 Å². The smallest absolute Gasteiger partial charge is 0.229 e. The average Bonchev–Trinajstić information content (AvgIpc) is 2.63. The van der Waals surface area contributed by atoms with Crippen molar-refractivity contribution in [3.63, 3.8) is 0 Å². The minimum atomic E-state index is -0.244. The van der Waals surface area contributed by atoms with Crippen LogP contribution in [-0.2, 0) is 4.79 Å². The van der Waals surface area contributed by atoms with Gasteiger partial charge in [0.05, 0.1) is 11.0 Å². The molecule has 2 nitrogen and oxygen atoms in total. The fourth-order valence-electron chi connectivity index (χ4n) is 7.54. The summed E-state index contributed by atoms with van der Waals surface area (Å²) in [7, 11) is 2.11. The second kappa shape index (κ2) is 18.7. The van der Waals surface area contributed by atoms with Crippen molar-refractivity contribution in [3.05, 3.63) is 12.2 Å². The van der Waals surface area contributed by atoms with E-state index in [0.29, 0.717) is 17.2 Å².